The SMILES string of the molecule is Cc1nc(-c2c(C)noc2C)nc(N)c1C. The van der Waals surface area contributed by atoms with Gasteiger partial charge in [-0.3, -0.25) is 0 Å². The van der Waals surface area contributed by atoms with Gasteiger partial charge >= 0.3 is 0 Å². The van der Waals surface area contributed by atoms with E-state index >= 15 is 0 Å². The van der Waals surface area contributed by atoms with E-state index in [2.05, 4.69) is 15.1 Å². The highest BCUT2D eigenvalue weighted by Gasteiger charge is 2.16. The lowest BCUT2D eigenvalue weighted by atomic mass is 10.1. The molecule has 16 heavy (non-hydrogen) atoms. The van der Waals surface area contributed by atoms with Crippen LogP contribution in [0.5, 0.6) is 0 Å². The number of nitrogens with zero attached hydrogens (tertiary/aromatic N) is 3. The lowest BCUT2D eigenvalue weighted by Crippen LogP contribution is -2.02. The number of hydrogen-bond donors (Lipinski definition) is 1. The minimum Gasteiger partial charge on any atom is -0.383 e. The number of nitrogens with two attached hydrogens (primary N) is 1. The molecule has 0 aliphatic heterocycles. The Bertz CT molecular complexity index is 502. The molecule has 0 amide bonds. The van der Waals surface area contributed by atoms with Gasteiger partial charge in [-0.15, -0.1) is 0 Å². The number of aryl methyl sites for hydroxylation is 3. The third-order valence-corrected chi connectivity index (χ3v) is 2.68. The van der Waals surface area contributed by atoms with Crippen LogP contribution in [0.4, 0.5) is 5.82 Å². The molecule has 0 aliphatic rings. The van der Waals surface area contributed by atoms with E-state index in [4.69, 9.17) is 10.3 Å². The minimum atomic E-state index is 0.502. The summed E-state index contributed by atoms with van der Waals surface area (Å²) in [5.41, 5.74) is 9.22. The van der Waals surface area contributed by atoms with Crippen LogP contribution in [-0.4, -0.2) is 15.1 Å². The molecule has 0 bridgehead atoms. The van der Waals surface area contributed by atoms with E-state index in [0.29, 0.717) is 17.4 Å². The van der Waals surface area contributed by atoms with Crippen LogP contribution in [0.1, 0.15) is 22.7 Å². The molecule has 0 saturated heterocycles. The van der Waals surface area contributed by atoms with E-state index in [1.54, 1.807) is 0 Å². The van der Waals surface area contributed by atoms with Crippen LogP contribution in [0.3, 0.4) is 0 Å². The third kappa shape index (κ3) is 1.54. The number of anilines is 1. The molecule has 0 aromatic carbocycles. The highest BCUT2D eigenvalue weighted by atomic mass is 16.5. The summed E-state index contributed by atoms with van der Waals surface area (Å²) in [5, 5.41) is 3.88. The molecule has 0 atom stereocenters. The van der Waals surface area contributed by atoms with Gasteiger partial charge in [-0.1, -0.05) is 5.16 Å². The maximum atomic E-state index is 5.83. The first-order chi connectivity index (χ1) is 7.50. The zero-order valence-corrected chi connectivity index (χ0v) is 9.83. The Morgan fingerprint density at radius 1 is 1.00 bits per heavy atom. The summed E-state index contributed by atoms with van der Waals surface area (Å²) >= 11 is 0. The topological polar surface area (TPSA) is 77.8 Å². The molecule has 5 heteroatoms. The van der Waals surface area contributed by atoms with Crippen LogP contribution in [0.15, 0.2) is 4.52 Å². The van der Waals surface area contributed by atoms with Crippen molar-refractivity contribution in [3.8, 4) is 11.4 Å². The highest BCUT2D eigenvalue weighted by Crippen LogP contribution is 2.25. The molecule has 0 spiro atoms. The van der Waals surface area contributed by atoms with Crippen molar-refractivity contribution in [3.05, 3.63) is 22.7 Å². The van der Waals surface area contributed by atoms with Gasteiger partial charge in [-0.25, -0.2) is 9.97 Å². The van der Waals surface area contributed by atoms with Gasteiger partial charge in [0.2, 0.25) is 0 Å². The van der Waals surface area contributed by atoms with Gasteiger partial charge in [0, 0.05) is 11.3 Å². The molecular weight excluding hydrogens is 204 g/mol. The second kappa shape index (κ2) is 3.59. The summed E-state index contributed by atoms with van der Waals surface area (Å²) in [6.45, 7) is 7.52. The van der Waals surface area contributed by atoms with E-state index in [1.165, 1.54) is 0 Å². The summed E-state index contributed by atoms with van der Waals surface area (Å²) in [6, 6.07) is 0. The Balaban J connectivity index is 2.66. The van der Waals surface area contributed by atoms with E-state index in [1.807, 2.05) is 27.7 Å². The molecule has 2 heterocycles. The zero-order chi connectivity index (χ0) is 11.9. The minimum absolute atomic E-state index is 0.502. The Hall–Kier alpha value is -1.91. The van der Waals surface area contributed by atoms with E-state index in [-0.39, 0.29) is 0 Å². The molecular formula is C11H14N4O. The van der Waals surface area contributed by atoms with Gasteiger partial charge in [0.05, 0.1) is 11.3 Å². The number of rotatable bonds is 1. The van der Waals surface area contributed by atoms with Gasteiger partial charge in [-0.2, -0.15) is 0 Å². The molecule has 2 aromatic heterocycles. The first-order valence-corrected chi connectivity index (χ1v) is 5.04. The molecule has 2 aromatic rings. The smallest absolute Gasteiger partial charge is 0.167 e. The monoisotopic (exact) mass is 218 g/mol. The average molecular weight is 218 g/mol. The molecule has 0 aliphatic carbocycles. The molecule has 2 rings (SSSR count). The first kappa shape index (κ1) is 10.6. The Kier molecular flexibility index (Phi) is 2.38. The quantitative estimate of drug-likeness (QED) is 0.791. The molecule has 0 unspecified atom stereocenters. The Morgan fingerprint density at radius 3 is 2.19 bits per heavy atom. The van der Waals surface area contributed by atoms with Crippen LogP contribution >= 0.6 is 0 Å². The van der Waals surface area contributed by atoms with Crippen molar-refractivity contribution < 1.29 is 4.52 Å². The van der Waals surface area contributed by atoms with Gasteiger partial charge in [0.15, 0.2) is 5.82 Å². The van der Waals surface area contributed by atoms with Crippen molar-refractivity contribution in [2.45, 2.75) is 27.7 Å². The third-order valence-electron chi connectivity index (χ3n) is 2.68. The van der Waals surface area contributed by atoms with Crippen LogP contribution in [0.25, 0.3) is 11.4 Å². The fourth-order valence-corrected chi connectivity index (χ4v) is 1.57. The number of hydrogen-bond acceptors (Lipinski definition) is 5. The summed E-state index contributed by atoms with van der Waals surface area (Å²) in [7, 11) is 0. The summed E-state index contributed by atoms with van der Waals surface area (Å²) in [6.07, 6.45) is 0. The molecule has 84 valence electrons. The first-order valence-electron chi connectivity index (χ1n) is 5.04. The largest absolute Gasteiger partial charge is 0.383 e. The lowest BCUT2D eigenvalue weighted by Gasteiger charge is -2.06. The van der Waals surface area contributed by atoms with Crippen molar-refractivity contribution in [2.24, 2.45) is 0 Å². The fraction of sp³-hybridized carbons (Fsp3) is 0.364. The average Bonchev–Trinajstić information content (AvgIpc) is 2.54. The van der Waals surface area contributed by atoms with Crippen LogP contribution < -0.4 is 5.73 Å². The molecule has 5 nitrogen and oxygen atoms in total. The Labute approximate surface area is 93.7 Å². The molecule has 0 fully saturated rings. The summed E-state index contributed by atoms with van der Waals surface area (Å²) in [4.78, 5) is 8.67. The van der Waals surface area contributed by atoms with E-state index < -0.39 is 0 Å². The van der Waals surface area contributed by atoms with Crippen LogP contribution in [-0.2, 0) is 0 Å². The summed E-state index contributed by atoms with van der Waals surface area (Å²) in [5.74, 6) is 1.79. The van der Waals surface area contributed by atoms with Crippen molar-refractivity contribution in [3.63, 3.8) is 0 Å². The predicted molar refractivity (Wildman–Crippen MR) is 60.9 cm³/mol. The summed E-state index contributed by atoms with van der Waals surface area (Å²) < 4.78 is 5.09. The lowest BCUT2D eigenvalue weighted by molar-refractivity contribution is 0.393. The normalized spacial score (nSPS) is 10.8. The highest BCUT2D eigenvalue weighted by molar-refractivity contribution is 5.62. The predicted octanol–water partition coefficient (Wildman–Crippen LogP) is 1.95. The van der Waals surface area contributed by atoms with Gasteiger partial charge < -0.3 is 10.3 Å². The number of aromatic nitrogens is 3. The van der Waals surface area contributed by atoms with E-state index in [9.17, 15) is 0 Å². The van der Waals surface area contributed by atoms with Crippen molar-refractivity contribution >= 4 is 5.82 Å². The van der Waals surface area contributed by atoms with Crippen LogP contribution in [0.2, 0.25) is 0 Å². The second-order valence-corrected chi connectivity index (χ2v) is 3.84. The zero-order valence-electron chi connectivity index (χ0n) is 9.83. The molecule has 0 saturated carbocycles. The van der Waals surface area contributed by atoms with Crippen molar-refractivity contribution in [1.29, 1.82) is 0 Å². The standard InChI is InChI=1S/C11H14N4O/c1-5-6(2)13-11(14-10(5)12)9-7(3)15-16-8(9)4/h1-4H3,(H2,12,13,14). The van der Waals surface area contributed by atoms with Gasteiger partial charge in [0.1, 0.15) is 11.6 Å². The van der Waals surface area contributed by atoms with E-state index in [0.717, 1.165) is 22.5 Å². The van der Waals surface area contributed by atoms with Gasteiger partial charge in [0.25, 0.3) is 0 Å². The maximum absolute atomic E-state index is 5.83. The van der Waals surface area contributed by atoms with Crippen molar-refractivity contribution in [1.82, 2.24) is 15.1 Å². The Morgan fingerprint density at radius 2 is 1.69 bits per heavy atom. The van der Waals surface area contributed by atoms with Crippen molar-refractivity contribution in [2.75, 3.05) is 5.73 Å². The number of nitrogen functional groups attached to an aromatic ring is 1. The molecule has 0 radical (unpaired) electrons. The fourth-order valence-electron chi connectivity index (χ4n) is 1.57. The second-order valence-electron chi connectivity index (χ2n) is 3.84. The van der Waals surface area contributed by atoms with Crippen LogP contribution in [0, 0.1) is 27.7 Å². The van der Waals surface area contributed by atoms with Gasteiger partial charge in [-0.05, 0) is 27.7 Å². The maximum Gasteiger partial charge on any atom is 0.167 e. The molecule has 2 N–H and O–H groups in total.